The van der Waals surface area contributed by atoms with Crippen LogP contribution in [0.2, 0.25) is 0 Å². The summed E-state index contributed by atoms with van der Waals surface area (Å²) in [4.78, 5) is 0. The molecule has 1 fully saturated rings. The second-order valence-corrected chi connectivity index (χ2v) is 4.67. The van der Waals surface area contributed by atoms with E-state index in [0.29, 0.717) is 5.92 Å². The van der Waals surface area contributed by atoms with Crippen LogP contribution >= 0.6 is 0 Å². The minimum atomic E-state index is 0.561. The van der Waals surface area contributed by atoms with Crippen LogP contribution in [-0.2, 0) is 0 Å². The topological polar surface area (TPSA) is 35.8 Å². The summed E-state index contributed by atoms with van der Waals surface area (Å²) in [5.41, 5.74) is 2.08. The predicted octanol–water partition coefficient (Wildman–Crippen LogP) is 2.66. The molecule has 1 aliphatic carbocycles. The van der Waals surface area contributed by atoms with Crippen molar-refractivity contribution in [1.29, 1.82) is 5.26 Å². The summed E-state index contributed by atoms with van der Waals surface area (Å²) in [6.45, 7) is 1.01. The molecule has 0 heterocycles. The summed E-state index contributed by atoms with van der Waals surface area (Å²) in [5.74, 6) is 1.48. The predicted molar refractivity (Wildman–Crippen MR) is 65.2 cm³/mol. The van der Waals surface area contributed by atoms with Crippen LogP contribution in [0.25, 0.3) is 0 Å². The lowest BCUT2D eigenvalue weighted by Crippen LogP contribution is -2.17. The molecule has 2 heteroatoms. The van der Waals surface area contributed by atoms with Gasteiger partial charge in [-0.25, -0.2) is 0 Å². The van der Waals surface area contributed by atoms with E-state index in [2.05, 4.69) is 17.5 Å². The molecule has 0 aromatic heterocycles. The lowest BCUT2D eigenvalue weighted by atomic mass is 9.92. The third-order valence-electron chi connectivity index (χ3n) is 3.25. The molecule has 0 amide bonds. The molecule has 84 valence electrons. The highest BCUT2D eigenvalue weighted by Gasteiger charge is 2.25. The minimum Gasteiger partial charge on any atom is -0.319 e. The summed E-state index contributed by atoms with van der Waals surface area (Å²) in [7, 11) is 1.99. The molecule has 16 heavy (non-hydrogen) atoms. The van der Waals surface area contributed by atoms with Gasteiger partial charge in [0.1, 0.15) is 0 Å². The van der Waals surface area contributed by atoms with Gasteiger partial charge in [0.2, 0.25) is 0 Å². The quantitative estimate of drug-likeness (QED) is 0.818. The van der Waals surface area contributed by atoms with Crippen LogP contribution in [0.1, 0.15) is 36.3 Å². The molecule has 2 rings (SSSR count). The van der Waals surface area contributed by atoms with Gasteiger partial charge in [-0.1, -0.05) is 25.0 Å². The monoisotopic (exact) mass is 214 g/mol. The van der Waals surface area contributed by atoms with E-state index in [1.807, 2.05) is 25.2 Å². The molecule has 0 radical (unpaired) electrons. The SMILES string of the molecule is CNCC(CC1CC1)c1cccc(C#N)c1. The lowest BCUT2D eigenvalue weighted by molar-refractivity contribution is 0.548. The van der Waals surface area contributed by atoms with Crippen molar-refractivity contribution in [2.45, 2.75) is 25.2 Å². The van der Waals surface area contributed by atoms with Crippen LogP contribution in [0.15, 0.2) is 24.3 Å². The second kappa shape index (κ2) is 5.14. The highest BCUT2D eigenvalue weighted by Crippen LogP contribution is 2.38. The summed E-state index contributed by atoms with van der Waals surface area (Å²) in [6.07, 6.45) is 4.03. The number of nitrogens with one attached hydrogen (secondary N) is 1. The van der Waals surface area contributed by atoms with Crippen molar-refractivity contribution in [2.24, 2.45) is 5.92 Å². The van der Waals surface area contributed by atoms with Gasteiger partial charge in [-0.05, 0) is 43.0 Å². The molecule has 0 saturated heterocycles. The first kappa shape index (κ1) is 11.2. The zero-order valence-corrected chi connectivity index (χ0v) is 9.74. The van der Waals surface area contributed by atoms with Crippen molar-refractivity contribution in [1.82, 2.24) is 5.32 Å². The largest absolute Gasteiger partial charge is 0.319 e. The average molecular weight is 214 g/mol. The molecule has 1 unspecified atom stereocenters. The van der Waals surface area contributed by atoms with Crippen molar-refractivity contribution in [3.63, 3.8) is 0 Å². The molecule has 1 saturated carbocycles. The van der Waals surface area contributed by atoms with Gasteiger partial charge < -0.3 is 5.32 Å². The van der Waals surface area contributed by atoms with E-state index in [4.69, 9.17) is 5.26 Å². The molecule has 0 bridgehead atoms. The Balaban J connectivity index is 2.12. The van der Waals surface area contributed by atoms with Gasteiger partial charge in [-0.2, -0.15) is 5.26 Å². The smallest absolute Gasteiger partial charge is 0.0991 e. The number of hydrogen-bond donors (Lipinski definition) is 1. The van der Waals surface area contributed by atoms with E-state index in [1.54, 1.807) is 0 Å². The van der Waals surface area contributed by atoms with Gasteiger partial charge >= 0.3 is 0 Å². The molecular weight excluding hydrogens is 196 g/mol. The zero-order chi connectivity index (χ0) is 11.4. The second-order valence-electron chi connectivity index (χ2n) is 4.67. The fourth-order valence-corrected chi connectivity index (χ4v) is 2.20. The Hall–Kier alpha value is -1.33. The maximum Gasteiger partial charge on any atom is 0.0991 e. The maximum absolute atomic E-state index is 8.90. The third kappa shape index (κ3) is 2.84. The molecule has 0 spiro atoms. The highest BCUT2D eigenvalue weighted by molar-refractivity contribution is 5.34. The van der Waals surface area contributed by atoms with E-state index in [9.17, 15) is 0 Å². The number of nitrogens with zero attached hydrogens (tertiary/aromatic N) is 1. The Labute approximate surface area is 97.3 Å². The summed E-state index contributed by atoms with van der Waals surface area (Å²) in [6, 6.07) is 10.3. The van der Waals surface area contributed by atoms with Crippen LogP contribution in [0.5, 0.6) is 0 Å². The van der Waals surface area contributed by atoms with Gasteiger partial charge in [-0.3, -0.25) is 0 Å². The molecule has 0 aliphatic heterocycles. The first-order chi connectivity index (χ1) is 7.83. The standard InChI is InChI=1S/C14H18N2/c1-16-10-14(7-11-5-6-11)13-4-2-3-12(8-13)9-15/h2-4,8,11,14,16H,5-7,10H2,1H3. The van der Waals surface area contributed by atoms with Crippen LogP contribution in [0, 0.1) is 17.2 Å². The van der Waals surface area contributed by atoms with E-state index in [-0.39, 0.29) is 0 Å². The van der Waals surface area contributed by atoms with Crippen molar-refractivity contribution in [3.05, 3.63) is 35.4 Å². The van der Waals surface area contributed by atoms with Crippen molar-refractivity contribution in [2.75, 3.05) is 13.6 Å². The summed E-state index contributed by atoms with van der Waals surface area (Å²) >= 11 is 0. The fraction of sp³-hybridized carbons (Fsp3) is 0.500. The Morgan fingerprint density at radius 3 is 2.94 bits per heavy atom. The number of likely N-dealkylation sites (N-methyl/N-ethyl adjacent to an activating group) is 1. The number of benzene rings is 1. The lowest BCUT2D eigenvalue weighted by Gasteiger charge is -2.16. The van der Waals surface area contributed by atoms with Crippen molar-refractivity contribution in [3.8, 4) is 6.07 Å². The van der Waals surface area contributed by atoms with Gasteiger partial charge in [0.05, 0.1) is 11.6 Å². The summed E-state index contributed by atoms with van der Waals surface area (Å²) in [5, 5.41) is 12.2. The van der Waals surface area contributed by atoms with Crippen LogP contribution in [0.3, 0.4) is 0 Å². The molecule has 1 atom stereocenters. The van der Waals surface area contributed by atoms with Crippen LogP contribution in [-0.4, -0.2) is 13.6 Å². The van der Waals surface area contributed by atoms with E-state index in [1.165, 1.54) is 24.8 Å². The normalized spacial score (nSPS) is 16.8. The summed E-state index contributed by atoms with van der Waals surface area (Å²) < 4.78 is 0. The average Bonchev–Trinajstić information content (AvgIpc) is 3.12. The maximum atomic E-state index is 8.90. The van der Waals surface area contributed by atoms with Gasteiger partial charge in [0, 0.05) is 6.54 Å². The fourth-order valence-electron chi connectivity index (χ4n) is 2.20. The Morgan fingerprint density at radius 1 is 1.50 bits per heavy atom. The number of nitriles is 1. The molecular formula is C14H18N2. The van der Waals surface area contributed by atoms with Gasteiger partial charge in [0.25, 0.3) is 0 Å². The molecule has 1 aromatic carbocycles. The van der Waals surface area contributed by atoms with Crippen LogP contribution in [0.4, 0.5) is 0 Å². The Kier molecular flexibility index (Phi) is 3.58. The first-order valence-corrected chi connectivity index (χ1v) is 5.98. The number of rotatable bonds is 5. The first-order valence-electron chi connectivity index (χ1n) is 5.98. The van der Waals surface area contributed by atoms with E-state index < -0.39 is 0 Å². The van der Waals surface area contributed by atoms with Gasteiger partial charge in [-0.15, -0.1) is 0 Å². The Bertz CT molecular complexity index is 388. The molecule has 1 aromatic rings. The van der Waals surface area contributed by atoms with Crippen molar-refractivity contribution < 1.29 is 0 Å². The molecule has 2 nitrogen and oxygen atoms in total. The van der Waals surface area contributed by atoms with Gasteiger partial charge in [0.15, 0.2) is 0 Å². The van der Waals surface area contributed by atoms with Crippen LogP contribution < -0.4 is 5.32 Å². The molecule has 1 aliphatic rings. The molecule has 1 N–H and O–H groups in total. The van der Waals surface area contributed by atoms with Crippen molar-refractivity contribution >= 4 is 0 Å². The third-order valence-corrected chi connectivity index (χ3v) is 3.25. The van der Waals surface area contributed by atoms with E-state index in [0.717, 1.165) is 18.0 Å². The highest BCUT2D eigenvalue weighted by atomic mass is 14.8. The minimum absolute atomic E-state index is 0.561. The zero-order valence-electron chi connectivity index (χ0n) is 9.74. The Morgan fingerprint density at radius 2 is 2.31 bits per heavy atom. The number of hydrogen-bond acceptors (Lipinski definition) is 2. The van der Waals surface area contributed by atoms with E-state index >= 15 is 0 Å².